The summed E-state index contributed by atoms with van der Waals surface area (Å²) in [5.74, 6) is -0.106. The quantitative estimate of drug-likeness (QED) is 0.306. The number of amides is 1. The molecule has 1 aliphatic carbocycles. The highest BCUT2D eigenvalue weighted by atomic mass is 16.3. The van der Waals surface area contributed by atoms with E-state index >= 15 is 0 Å². The van der Waals surface area contributed by atoms with Crippen LogP contribution in [0.15, 0.2) is 71.9 Å². The van der Waals surface area contributed by atoms with Crippen LogP contribution in [-0.2, 0) is 25.8 Å². The summed E-state index contributed by atoms with van der Waals surface area (Å²) in [4.78, 5) is 31.1. The van der Waals surface area contributed by atoms with E-state index in [1.165, 1.54) is 5.56 Å². The maximum absolute atomic E-state index is 14.8. The molecule has 0 bridgehead atoms. The molecule has 0 saturated heterocycles. The minimum absolute atomic E-state index is 0.0110. The number of carbonyl (C=O) groups is 2. The largest absolute Gasteiger partial charge is 0.508 e. The molecule has 5 rings (SSSR count). The molecule has 2 aliphatic rings. The third-order valence-corrected chi connectivity index (χ3v) is 9.52. The maximum atomic E-state index is 14.8. The Balaban J connectivity index is 1.83. The van der Waals surface area contributed by atoms with Crippen LogP contribution < -0.4 is 10.2 Å². The number of carbonyl (C=O) groups excluding carboxylic acids is 2. The maximum Gasteiger partial charge on any atom is 0.230 e. The van der Waals surface area contributed by atoms with Gasteiger partial charge in [0.1, 0.15) is 5.75 Å². The lowest BCUT2D eigenvalue weighted by molar-refractivity contribution is -0.121. The summed E-state index contributed by atoms with van der Waals surface area (Å²) in [6.07, 6.45) is 1.01. The SMILES string of the molecule is CC(C)C(=O)N1c2ccccc2NC2=C(C(=O)CC(c3ccc(C(C)(C)C)cc3)C2)C1c1c(C(C)(C)C)cc(O)cc1C(C)(C)C. The van der Waals surface area contributed by atoms with Crippen molar-refractivity contribution in [2.24, 2.45) is 5.92 Å². The third kappa shape index (κ3) is 6.26. The number of phenolic OH excluding ortho intramolecular Hbond substituents is 1. The summed E-state index contributed by atoms with van der Waals surface area (Å²) < 4.78 is 0. The summed E-state index contributed by atoms with van der Waals surface area (Å²) in [5.41, 5.74) is 7.58. The number of fused-ring (bicyclic) bond motifs is 1. The number of phenols is 1. The zero-order valence-electron chi connectivity index (χ0n) is 29.6. The first kappa shape index (κ1) is 33.5. The van der Waals surface area contributed by atoms with Crippen LogP contribution >= 0.6 is 0 Å². The Morgan fingerprint density at radius 1 is 0.826 bits per heavy atom. The Morgan fingerprint density at radius 3 is 1.91 bits per heavy atom. The predicted octanol–water partition coefficient (Wildman–Crippen LogP) is 9.84. The average Bonchev–Trinajstić information content (AvgIpc) is 3.09. The lowest BCUT2D eigenvalue weighted by atomic mass is 9.70. The van der Waals surface area contributed by atoms with Crippen molar-refractivity contribution in [3.8, 4) is 5.75 Å². The first-order chi connectivity index (χ1) is 21.3. The van der Waals surface area contributed by atoms with Crippen molar-refractivity contribution >= 4 is 23.1 Å². The molecule has 46 heavy (non-hydrogen) atoms. The zero-order valence-corrected chi connectivity index (χ0v) is 29.6. The molecule has 0 spiro atoms. The molecular weight excluding hydrogens is 568 g/mol. The van der Waals surface area contributed by atoms with E-state index in [-0.39, 0.29) is 45.5 Å². The summed E-state index contributed by atoms with van der Waals surface area (Å²) >= 11 is 0. The van der Waals surface area contributed by atoms with E-state index in [2.05, 4.69) is 91.9 Å². The number of nitrogens with one attached hydrogen (secondary N) is 1. The molecule has 1 heterocycles. The molecule has 244 valence electrons. The lowest BCUT2D eigenvalue weighted by Gasteiger charge is -2.41. The third-order valence-electron chi connectivity index (χ3n) is 9.52. The van der Waals surface area contributed by atoms with Gasteiger partial charge in [-0.15, -0.1) is 0 Å². The van der Waals surface area contributed by atoms with Crippen LogP contribution in [0.5, 0.6) is 5.75 Å². The van der Waals surface area contributed by atoms with Crippen LogP contribution in [0.3, 0.4) is 0 Å². The number of Topliss-reactive ketones (excluding diaryl/α,β-unsaturated/α-hetero) is 1. The van der Waals surface area contributed by atoms with Crippen molar-refractivity contribution in [3.05, 3.63) is 99.8 Å². The number of nitrogens with zero attached hydrogens (tertiary/aromatic N) is 1. The summed E-state index contributed by atoms with van der Waals surface area (Å²) in [6, 6.07) is 19.6. The molecule has 3 aromatic carbocycles. The van der Waals surface area contributed by atoms with E-state index in [1.807, 2.05) is 55.1 Å². The predicted molar refractivity (Wildman–Crippen MR) is 190 cm³/mol. The molecule has 1 amide bonds. The van der Waals surface area contributed by atoms with Crippen LogP contribution in [0.25, 0.3) is 0 Å². The van der Waals surface area contributed by atoms with Gasteiger partial charge >= 0.3 is 0 Å². The van der Waals surface area contributed by atoms with E-state index in [1.54, 1.807) is 0 Å². The van der Waals surface area contributed by atoms with Crippen LogP contribution in [0.2, 0.25) is 0 Å². The highest BCUT2D eigenvalue weighted by molar-refractivity contribution is 6.07. The molecule has 0 aromatic heterocycles. The van der Waals surface area contributed by atoms with Crippen molar-refractivity contribution in [1.29, 1.82) is 0 Å². The van der Waals surface area contributed by atoms with Crippen molar-refractivity contribution in [1.82, 2.24) is 0 Å². The number of hydrogen-bond donors (Lipinski definition) is 2. The molecule has 3 aromatic rings. The standard InChI is InChI=1S/C41H52N2O3/c1-24(2)38(46)43-33-15-13-12-14-31(33)42-32-20-26(25-16-18-27(19-17-25)39(3,4)5)21-34(45)36(32)37(43)35-29(40(6,7)8)22-28(44)23-30(35)41(9,10)11/h12-19,22-24,26,37,42,44H,20-21H2,1-11H3. The number of anilines is 2. The van der Waals surface area contributed by atoms with Crippen molar-refractivity contribution < 1.29 is 14.7 Å². The molecule has 5 nitrogen and oxygen atoms in total. The van der Waals surface area contributed by atoms with Crippen LogP contribution in [0.4, 0.5) is 11.4 Å². The van der Waals surface area contributed by atoms with E-state index in [0.29, 0.717) is 18.4 Å². The zero-order chi connectivity index (χ0) is 33.9. The van der Waals surface area contributed by atoms with Gasteiger partial charge in [-0.3, -0.25) is 14.5 Å². The summed E-state index contributed by atoms with van der Waals surface area (Å²) in [5, 5.41) is 14.8. The number of ketones is 1. The van der Waals surface area contributed by atoms with Crippen molar-refractivity contribution in [2.75, 3.05) is 10.2 Å². The van der Waals surface area contributed by atoms with Crippen LogP contribution in [0.1, 0.15) is 129 Å². The Hall–Kier alpha value is -3.86. The molecule has 0 fully saturated rings. The van der Waals surface area contributed by atoms with E-state index in [4.69, 9.17) is 0 Å². The van der Waals surface area contributed by atoms with Crippen LogP contribution in [-0.4, -0.2) is 16.8 Å². The minimum atomic E-state index is -0.665. The average molecular weight is 621 g/mol. The monoisotopic (exact) mass is 620 g/mol. The van der Waals surface area contributed by atoms with Gasteiger partial charge in [0.05, 0.1) is 17.4 Å². The second-order valence-corrected chi connectivity index (χ2v) is 16.7. The van der Waals surface area contributed by atoms with Gasteiger partial charge < -0.3 is 10.4 Å². The molecule has 2 unspecified atom stereocenters. The Bertz CT molecular complexity index is 1660. The van der Waals surface area contributed by atoms with Crippen LogP contribution in [0, 0.1) is 5.92 Å². The van der Waals surface area contributed by atoms with Gasteiger partial charge in [-0.2, -0.15) is 0 Å². The molecule has 2 N–H and O–H groups in total. The number of aromatic hydroxyl groups is 1. The van der Waals surface area contributed by atoms with Gasteiger partial charge in [0.15, 0.2) is 5.78 Å². The normalized spacial score (nSPS) is 19.0. The van der Waals surface area contributed by atoms with Gasteiger partial charge in [0, 0.05) is 23.6 Å². The van der Waals surface area contributed by atoms with E-state index in [0.717, 1.165) is 39.3 Å². The second kappa shape index (κ2) is 11.7. The van der Waals surface area contributed by atoms with Crippen molar-refractivity contribution in [3.63, 3.8) is 0 Å². The fourth-order valence-corrected chi connectivity index (χ4v) is 7.05. The van der Waals surface area contributed by atoms with E-state index < -0.39 is 6.04 Å². The Labute approximate surface area is 276 Å². The topological polar surface area (TPSA) is 69.6 Å². The highest BCUT2D eigenvalue weighted by Gasteiger charge is 2.45. The molecular formula is C41H52N2O3. The van der Waals surface area contributed by atoms with E-state index in [9.17, 15) is 14.7 Å². The first-order valence-corrected chi connectivity index (χ1v) is 16.7. The van der Waals surface area contributed by atoms with Crippen molar-refractivity contribution in [2.45, 2.75) is 117 Å². The summed E-state index contributed by atoms with van der Waals surface area (Å²) in [6.45, 7) is 23.2. The summed E-state index contributed by atoms with van der Waals surface area (Å²) in [7, 11) is 0. The van der Waals surface area contributed by atoms with Gasteiger partial charge in [-0.25, -0.2) is 0 Å². The molecule has 0 radical (unpaired) electrons. The molecule has 1 aliphatic heterocycles. The first-order valence-electron chi connectivity index (χ1n) is 16.7. The Kier molecular flexibility index (Phi) is 8.55. The second-order valence-electron chi connectivity index (χ2n) is 16.7. The van der Waals surface area contributed by atoms with Gasteiger partial charge in [0.25, 0.3) is 0 Å². The fraction of sp³-hybridized carbons (Fsp3) is 0.463. The van der Waals surface area contributed by atoms with Gasteiger partial charge in [-0.05, 0) is 80.7 Å². The number of para-hydroxylation sites is 2. The van der Waals surface area contributed by atoms with Gasteiger partial charge in [0.2, 0.25) is 5.91 Å². The molecule has 5 heteroatoms. The smallest absolute Gasteiger partial charge is 0.230 e. The molecule has 2 atom stereocenters. The lowest BCUT2D eigenvalue weighted by Crippen LogP contribution is -2.42. The minimum Gasteiger partial charge on any atom is -0.508 e. The Morgan fingerprint density at radius 2 is 1.39 bits per heavy atom. The number of allylic oxidation sites excluding steroid dienone is 1. The van der Waals surface area contributed by atoms with Gasteiger partial charge in [-0.1, -0.05) is 113 Å². The number of hydrogen-bond acceptors (Lipinski definition) is 4. The number of rotatable bonds is 3. The fourth-order valence-electron chi connectivity index (χ4n) is 7.05. The highest BCUT2D eigenvalue weighted by Crippen LogP contribution is 2.52. The number of benzene rings is 3. The molecule has 0 saturated carbocycles.